The molecule has 0 unspecified atom stereocenters. The molecule has 1 aliphatic heterocycles. The highest BCUT2D eigenvalue weighted by atomic mass is 32.1. The fraction of sp³-hybridized carbons (Fsp3) is 0.600. The van der Waals surface area contributed by atoms with Crippen LogP contribution in [0.5, 0.6) is 0 Å². The zero-order valence-corrected chi connectivity index (χ0v) is 20.5. The summed E-state index contributed by atoms with van der Waals surface area (Å²) in [5.74, 6) is 0.825. The Morgan fingerprint density at radius 3 is 2.47 bits per heavy atom. The van der Waals surface area contributed by atoms with Crippen molar-refractivity contribution < 1.29 is 4.39 Å². The monoisotopic (exact) mass is 456 g/mol. The lowest BCUT2D eigenvalue weighted by Crippen LogP contribution is -2.54. The first-order chi connectivity index (χ1) is 15.2. The molecule has 1 saturated heterocycles. The molecule has 7 heteroatoms. The molecule has 2 aliphatic rings. The third kappa shape index (κ3) is 3.54. The molecule has 0 atom stereocenters. The van der Waals surface area contributed by atoms with Gasteiger partial charge in [0.05, 0.1) is 10.7 Å². The summed E-state index contributed by atoms with van der Waals surface area (Å²) >= 11 is 1.79. The smallest absolute Gasteiger partial charge is 0.253 e. The summed E-state index contributed by atoms with van der Waals surface area (Å²) in [6.45, 7) is 9.62. The summed E-state index contributed by atoms with van der Waals surface area (Å²) in [4.78, 5) is 24.6. The van der Waals surface area contributed by atoms with Crippen molar-refractivity contribution in [3.8, 4) is 11.3 Å². The number of H-pyrrole nitrogens is 1. The number of rotatable bonds is 4. The number of aryl methyl sites for hydroxylation is 1. The van der Waals surface area contributed by atoms with Gasteiger partial charge in [-0.05, 0) is 51.0 Å². The first-order valence-electron chi connectivity index (χ1n) is 11.8. The van der Waals surface area contributed by atoms with Crippen molar-refractivity contribution >= 4 is 21.7 Å². The normalized spacial score (nSPS) is 22.7. The van der Waals surface area contributed by atoms with Crippen molar-refractivity contribution in [3.05, 3.63) is 38.2 Å². The molecule has 0 radical (unpaired) electrons. The van der Waals surface area contributed by atoms with E-state index in [1.807, 2.05) is 27.1 Å². The van der Waals surface area contributed by atoms with Gasteiger partial charge in [0, 0.05) is 55.0 Å². The highest BCUT2D eigenvalue weighted by Gasteiger charge is 2.35. The Labute approximate surface area is 192 Å². The fourth-order valence-corrected chi connectivity index (χ4v) is 6.68. The van der Waals surface area contributed by atoms with Crippen LogP contribution in [0.1, 0.15) is 73.1 Å². The van der Waals surface area contributed by atoms with Crippen molar-refractivity contribution in [2.75, 3.05) is 13.1 Å². The van der Waals surface area contributed by atoms with Crippen LogP contribution in [0.2, 0.25) is 0 Å². The van der Waals surface area contributed by atoms with E-state index < -0.39 is 6.17 Å². The second-order valence-corrected chi connectivity index (χ2v) is 11.1. The van der Waals surface area contributed by atoms with Gasteiger partial charge in [-0.3, -0.25) is 9.69 Å². The number of fused-ring (bicyclic) bond motifs is 1. The van der Waals surface area contributed by atoms with Gasteiger partial charge in [0.15, 0.2) is 0 Å². The van der Waals surface area contributed by atoms with E-state index in [1.54, 1.807) is 15.9 Å². The average Bonchev–Trinajstić information content (AvgIpc) is 3.30. The van der Waals surface area contributed by atoms with Gasteiger partial charge >= 0.3 is 0 Å². The SMILES string of the molecule is Cc1c(-c2[nH]c3sc(C4CCC(N5CC(F)C5)CC4)nc3c2C(C)C)cn(C)c(=O)c1C. The van der Waals surface area contributed by atoms with Gasteiger partial charge < -0.3 is 9.55 Å². The molecule has 4 heterocycles. The number of likely N-dealkylation sites (tertiary alicyclic amines) is 1. The van der Waals surface area contributed by atoms with Gasteiger partial charge in [-0.15, -0.1) is 11.3 Å². The number of halogens is 1. The number of hydrogen-bond donors (Lipinski definition) is 1. The predicted molar refractivity (Wildman–Crippen MR) is 130 cm³/mol. The maximum atomic E-state index is 13.2. The Morgan fingerprint density at radius 1 is 1.16 bits per heavy atom. The van der Waals surface area contributed by atoms with E-state index in [9.17, 15) is 9.18 Å². The number of hydrogen-bond acceptors (Lipinski definition) is 4. The molecule has 0 amide bonds. The third-order valence-electron chi connectivity index (χ3n) is 7.61. The molecule has 1 saturated carbocycles. The molecule has 32 heavy (non-hydrogen) atoms. The number of aromatic nitrogens is 3. The number of nitrogens with one attached hydrogen (secondary N) is 1. The molecule has 1 aliphatic carbocycles. The third-order valence-corrected chi connectivity index (χ3v) is 8.74. The summed E-state index contributed by atoms with van der Waals surface area (Å²) in [7, 11) is 1.82. The largest absolute Gasteiger partial charge is 0.345 e. The molecule has 0 bridgehead atoms. The second kappa shape index (κ2) is 8.10. The van der Waals surface area contributed by atoms with Crippen LogP contribution in [0.3, 0.4) is 0 Å². The minimum atomic E-state index is -0.615. The number of pyridine rings is 1. The lowest BCUT2D eigenvalue weighted by Gasteiger charge is -2.43. The standard InChI is InChI=1S/C25H33FN4OS/c1-13(2)20-21(19-12-29(5)25(31)15(4)14(19)3)27-24-22(20)28-23(32-24)16-6-8-18(9-7-16)30-10-17(26)11-30/h12-13,16-18,27H,6-11H2,1-5H3. The Morgan fingerprint density at radius 2 is 1.84 bits per heavy atom. The number of thiazole rings is 1. The summed E-state index contributed by atoms with van der Waals surface area (Å²) < 4.78 is 14.9. The summed E-state index contributed by atoms with van der Waals surface area (Å²) in [5.41, 5.74) is 6.40. The van der Waals surface area contributed by atoms with Gasteiger partial charge in [-0.1, -0.05) is 13.8 Å². The molecule has 0 spiro atoms. The Hall–Kier alpha value is -1.99. The van der Waals surface area contributed by atoms with Crippen LogP contribution in [0.4, 0.5) is 4.39 Å². The van der Waals surface area contributed by atoms with E-state index in [4.69, 9.17) is 4.98 Å². The van der Waals surface area contributed by atoms with Crippen molar-refractivity contribution in [2.45, 2.75) is 77.4 Å². The highest BCUT2D eigenvalue weighted by Crippen LogP contribution is 2.43. The van der Waals surface area contributed by atoms with E-state index in [0.717, 1.165) is 58.4 Å². The number of nitrogens with zero attached hydrogens (tertiary/aromatic N) is 3. The van der Waals surface area contributed by atoms with Crippen LogP contribution in [0.15, 0.2) is 11.0 Å². The van der Waals surface area contributed by atoms with Crippen molar-refractivity contribution in [1.82, 2.24) is 19.4 Å². The molecule has 3 aromatic heterocycles. The van der Waals surface area contributed by atoms with Crippen LogP contribution < -0.4 is 5.56 Å². The molecular weight excluding hydrogens is 423 g/mol. The molecule has 172 valence electrons. The lowest BCUT2D eigenvalue weighted by atomic mass is 9.84. The minimum Gasteiger partial charge on any atom is -0.345 e. The molecule has 1 N–H and O–H groups in total. The highest BCUT2D eigenvalue weighted by molar-refractivity contribution is 7.18. The summed E-state index contributed by atoms with van der Waals surface area (Å²) in [5, 5.41) is 1.23. The van der Waals surface area contributed by atoms with E-state index in [2.05, 4.69) is 23.7 Å². The van der Waals surface area contributed by atoms with Gasteiger partial charge in [0.1, 0.15) is 16.5 Å². The molecule has 5 rings (SSSR count). The van der Waals surface area contributed by atoms with E-state index in [-0.39, 0.29) is 5.56 Å². The van der Waals surface area contributed by atoms with Gasteiger partial charge in [-0.25, -0.2) is 9.37 Å². The van der Waals surface area contributed by atoms with Crippen LogP contribution >= 0.6 is 11.3 Å². The second-order valence-electron chi connectivity index (χ2n) is 10.1. The van der Waals surface area contributed by atoms with Crippen molar-refractivity contribution in [3.63, 3.8) is 0 Å². The zero-order valence-electron chi connectivity index (χ0n) is 19.7. The maximum Gasteiger partial charge on any atom is 0.253 e. The number of aromatic amines is 1. The van der Waals surface area contributed by atoms with Crippen LogP contribution in [-0.2, 0) is 7.05 Å². The predicted octanol–water partition coefficient (Wildman–Crippen LogP) is 5.41. The van der Waals surface area contributed by atoms with Crippen LogP contribution in [0, 0.1) is 13.8 Å². The first kappa shape index (κ1) is 21.8. The molecule has 0 aromatic carbocycles. The average molecular weight is 457 g/mol. The Kier molecular flexibility index (Phi) is 5.53. The van der Waals surface area contributed by atoms with Gasteiger partial charge in [0.25, 0.3) is 5.56 Å². The van der Waals surface area contributed by atoms with Crippen molar-refractivity contribution in [1.29, 1.82) is 0 Å². The maximum absolute atomic E-state index is 13.2. The van der Waals surface area contributed by atoms with Gasteiger partial charge in [-0.2, -0.15) is 0 Å². The minimum absolute atomic E-state index is 0.0574. The quantitative estimate of drug-likeness (QED) is 0.571. The first-order valence-corrected chi connectivity index (χ1v) is 12.6. The molecule has 5 nitrogen and oxygen atoms in total. The Bertz CT molecular complexity index is 1210. The molecule has 3 aromatic rings. The van der Waals surface area contributed by atoms with E-state index in [0.29, 0.717) is 31.0 Å². The van der Waals surface area contributed by atoms with E-state index in [1.165, 1.54) is 10.6 Å². The zero-order chi connectivity index (χ0) is 22.7. The summed E-state index contributed by atoms with van der Waals surface area (Å²) in [6, 6.07) is 0.553. The number of alkyl halides is 1. The molecule has 2 fully saturated rings. The van der Waals surface area contributed by atoms with Crippen LogP contribution in [-0.4, -0.2) is 44.7 Å². The summed E-state index contributed by atoms with van der Waals surface area (Å²) in [6.07, 6.45) is 5.89. The lowest BCUT2D eigenvalue weighted by molar-refractivity contribution is 0.0120. The van der Waals surface area contributed by atoms with Gasteiger partial charge in [0.2, 0.25) is 0 Å². The van der Waals surface area contributed by atoms with Crippen molar-refractivity contribution in [2.24, 2.45) is 7.05 Å². The van der Waals surface area contributed by atoms with E-state index >= 15 is 0 Å². The fourth-order valence-electron chi connectivity index (χ4n) is 5.52. The molecular formula is C25H33FN4OS. The van der Waals surface area contributed by atoms with Crippen LogP contribution in [0.25, 0.3) is 21.6 Å². The topological polar surface area (TPSA) is 53.9 Å². The Balaban J connectivity index is 1.46.